The molecule has 0 aliphatic heterocycles. The van der Waals surface area contributed by atoms with Crippen LogP contribution in [0.15, 0.2) is 18.5 Å². The average molecular weight is 243 g/mol. The highest BCUT2D eigenvalue weighted by Gasteiger charge is 2.22. The summed E-state index contributed by atoms with van der Waals surface area (Å²) >= 11 is 5.71. The maximum Gasteiger partial charge on any atom is 0.405 e. The number of carbonyl (C=O) groups is 1. The number of aromatic nitrogens is 1. The zero-order valence-electron chi connectivity index (χ0n) is 9.37. The summed E-state index contributed by atoms with van der Waals surface area (Å²) in [6.07, 6.45) is 3.21. The largest absolute Gasteiger partial charge is 0.443 e. The number of alkyl halides is 1. The fourth-order valence-corrected chi connectivity index (χ4v) is 1.66. The summed E-state index contributed by atoms with van der Waals surface area (Å²) in [5.41, 5.74) is 6.25. The maximum atomic E-state index is 10.7. The van der Waals surface area contributed by atoms with Crippen molar-refractivity contribution in [2.45, 2.75) is 31.7 Å². The Morgan fingerprint density at radius 2 is 2.12 bits per heavy atom. The fraction of sp³-hybridized carbons (Fsp3) is 0.455. The van der Waals surface area contributed by atoms with E-state index in [-0.39, 0.29) is 0 Å². The molecule has 1 aromatic heterocycles. The number of ether oxygens (including phenoxy) is 1. The highest BCUT2D eigenvalue weighted by atomic mass is 35.5. The van der Waals surface area contributed by atoms with Gasteiger partial charge >= 0.3 is 6.09 Å². The second kappa shape index (κ2) is 5.16. The van der Waals surface area contributed by atoms with E-state index < -0.39 is 11.7 Å². The lowest BCUT2D eigenvalue weighted by Crippen LogP contribution is -2.33. The summed E-state index contributed by atoms with van der Waals surface area (Å²) in [5.74, 6) is 0.415. The lowest BCUT2D eigenvalue weighted by Gasteiger charge is -2.23. The van der Waals surface area contributed by atoms with Crippen molar-refractivity contribution in [1.82, 2.24) is 4.98 Å². The normalized spacial score (nSPS) is 11.2. The van der Waals surface area contributed by atoms with Crippen molar-refractivity contribution in [2.24, 2.45) is 5.73 Å². The molecule has 0 radical (unpaired) electrons. The van der Waals surface area contributed by atoms with Crippen molar-refractivity contribution in [3.8, 4) is 0 Å². The van der Waals surface area contributed by atoms with Crippen LogP contribution in [0.5, 0.6) is 0 Å². The van der Waals surface area contributed by atoms with Crippen LogP contribution in [-0.2, 0) is 17.0 Å². The molecule has 1 aromatic rings. The molecule has 5 heteroatoms. The van der Waals surface area contributed by atoms with Gasteiger partial charge in [0.25, 0.3) is 0 Å². The Morgan fingerprint density at radius 1 is 1.50 bits per heavy atom. The smallest absolute Gasteiger partial charge is 0.405 e. The molecule has 0 fully saturated rings. The molecule has 0 unspecified atom stereocenters. The maximum absolute atomic E-state index is 10.7. The number of rotatable bonds is 4. The van der Waals surface area contributed by atoms with Crippen LogP contribution in [0, 0.1) is 0 Å². The van der Waals surface area contributed by atoms with Gasteiger partial charge in [-0.05, 0) is 25.0 Å². The van der Waals surface area contributed by atoms with Crippen molar-refractivity contribution in [3.63, 3.8) is 0 Å². The Morgan fingerprint density at radius 3 is 2.69 bits per heavy atom. The van der Waals surface area contributed by atoms with Crippen LogP contribution >= 0.6 is 11.6 Å². The van der Waals surface area contributed by atoms with Crippen molar-refractivity contribution >= 4 is 17.7 Å². The third-order valence-electron chi connectivity index (χ3n) is 2.01. The van der Waals surface area contributed by atoms with Gasteiger partial charge in [-0.3, -0.25) is 4.98 Å². The summed E-state index contributed by atoms with van der Waals surface area (Å²) < 4.78 is 4.99. The van der Waals surface area contributed by atoms with Crippen LogP contribution in [0.2, 0.25) is 0 Å². The topological polar surface area (TPSA) is 65.2 Å². The predicted molar refractivity (Wildman–Crippen MR) is 62.2 cm³/mol. The molecule has 16 heavy (non-hydrogen) atoms. The zero-order valence-corrected chi connectivity index (χ0v) is 10.1. The molecule has 0 saturated carbocycles. The summed E-state index contributed by atoms with van der Waals surface area (Å²) in [7, 11) is 0. The molecule has 0 atom stereocenters. The van der Waals surface area contributed by atoms with Crippen LogP contribution < -0.4 is 5.73 Å². The Hall–Kier alpha value is -1.29. The number of pyridine rings is 1. The molecule has 88 valence electrons. The molecule has 0 bridgehead atoms. The van der Waals surface area contributed by atoms with Gasteiger partial charge in [-0.1, -0.05) is 6.07 Å². The van der Waals surface area contributed by atoms with Crippen molar-refractivity contribution in [3.05, 3.63) is 29.6 Å². The summed E-state index contributed by atoms with van der Waals surface area (Å²) in [6.45, 7) is 3.59. The summed E-state index contributed by atoms with van der Waals surface area (Å²) in [4.78, 5) is 14.8. The Kier molecular flexibility index (Phi) is 4.12. The molecule has 4 nitrogen and oxygen atoms in total. The molecule has 0 aliphatic carbocycles. The molecule has 1 rings (SSSR count). The van der Waals surface area contributed by atoms with Gasteiger partial charge < -0.3 is 10.5 Å². The lowest BCUT2D eigenvalue weighted by molar-refractivity contribution is 0.0460. The van der Waals surface area contributed by atoms with Crippen molar-refractivity contribution < 1.29 is 9.53 Å². The first kappa shape index (κ1) is 12.8. The molecule has 0 saturated heterocycles. The minimum atomic E-state index is -0.772. The second-order valence-corrected chi connectivity index (χ2v) is 4.46. The molecular weight excluding hydrogens is 228 g/mol. The fourth-order valence-electron chi connectivity index (χ4n) is 1.51. The summed E-state index contributed by atoms with van der Waals surface area (Å²) in [6, 6.07) is 1.94. The van der Waals surface area contributed by atoms with Gasteiger partial charge in [0.05, 0.1) is 0 Å². The Bertz CT molecular complexity index is 380. The second-order valence-electron chi connectivity index (χ2n) is 4.19. The van der Waals surface area contributed by atoms with Gasteiger partial charge in [0.15, 0.2) is 0 Å². The van der Waals surface area contributed by atoms with Crippen LogP contribution in [0.4, 0.5) is 4.79 Å². The number of nitrogens with two attached hydrogens (primary N) is 1. The van der Waals surface area contributed by atoms with E-state index in [1.165, 1.54) is 0 Å². The lowest BCUT2D eigenvalue weighted by atomic mass is 9.99. The van der Waals surface area contributed by atoms with Gasteiger partial charge in [-0.15, -0.1) is 11.6 Å². The van der Waals surface area contributed by atoms with Crippen molar-refractivity contribution in [2.75, 3.05) is 0 Å². The van der Waals surface area contributed by atoms with E-state index in [9.17, 15) is 4.79 Å². The van der Waals surface area contributed by atoms with E-state index in [1.54, 1.807) is 26.2 Å². The number of hydrogen-bond acceptors (Lipinski definition) is 3. The van der Waals surface area contributed by atoms with Gasteiger partial charge in [-0.2, -0.15) is 0 Å². The molecule has 1 heterocycles. The van der Waals surface area contributed by atoms with Crippen LogP contribution in [0.3, 0.4) is 0 Å². The first-order valence-electron chi connectivity index (χ1n) is 4.90. The van der Waals surface area contributed by atoms with E-state index in [1.807, 2.05) is 6.07 Å². The number of primary amides is 1. The minimum absolute atomic E-state index is 0.415. The number of carbonyl (C=O) groups excluding carboxylic acids is 1. The first-order valence-corrected chi connectivity index (χ1v) is 5.43. The molecule has 0 aromatic carbocycles. The third-order valence-corrected chi connectivity index (χ3v) is 2.32. The van der Waals surface area contributed by atoms with E-state index >= 15 is 0 Å². The molecule has 0 aliphatic rings. The molecular formula is C11H15ClN2O2. The number of nitrogens with zero attached hydrogens (tertiary/aromatic N) is 1. The standard InChI is InChI=1S/C11H15ClN2O2/c1-11(2,16-10(13)15)4-8-3-9(5-12)7-14-6-8/h3,6-7H,4-5H2,1-2H3,(H2,13,15). The third kappa shape index (κ3) is 4.06. The minimum Gasteiger partial charge on any atom is -0.443 e. The van der Waals surface area contributed by atoms with Gasteiger partial charge in [-0.25, -0.2) is 4.79 Å². The quantitative estimate of drug-likeness (QED) is 0.824. The monoisotopic (exact) mass is 242 g/mol. The van der Waals surface area contributed by atoms with E-state index in [0.717, 1.165) is 11.1 Å². The van der Waals surface area contributed by atoms with E-state index in [0.29, 0.717) is 12.3 Å². The molecule has 0 spiro atoms. The van der Waals surface area contributed by atoms with Crippen molar-refractivity contribution in [1.29, 1.82) is 0 Å². The van der Waals surface area contributed by atoms with Gasteiger partial charge in [0, 0.05) is 24.7 Å². The number of halogens is 1. The van der Waals surface area contributed by atoms with Gasteiger partial charge in [0.2, 0.25) is 0 Å². The highest BCUT2D eigenvalue weighted by Crippen LogP contribution is 2.17. The Balaban J connectivity index is 2.75. The van der Waals surface area contributed by atoms with Gasteiger partial charge in [0.1, 0.15) is 5.60 Å². The van der Waals surface area contributed by atoms with Crippen LogP contribution in [0.25, 0.3) is 0 Å². The predicted octanol–water partition coefficient (Wildman–Crippen LogP) is 2.24. The number of amides is 1. The highest BCUT2D eigenvalue weighted by molar-refractivity contribution is 6.17. The van der Waals surface area contributed by atoms with E-state index in [4.69, 9.17) is 22.1 Å². The van der Waals surface area contributed by atoms with E-state index in [2.05, 4.69) is 4.98 Å². The molecule has 2 N–H and O–H groups in total. The first-order chi connectivity index (χ1) is 7.43. The molecule has 1 amide bonds. The zero-order chi connectivity index (χ0) is 12.2. The van der Waals surface area contributed by atoms with Crippen LogP contribution in [0.1, 0.15) is 25.0 Å². The Labute approximate surface area is 99.8 Å². The number of hydrogen-bond donors (Lipinski definition) is 1. The SMILES string of the molecule is CC(C)(Cc1cncc(CCl)c1)OC(N)=O. The van der Waals surface area contributed by atoms with Crippen LogP contribution in [-0.4, -0.2) is 16.7 Å². The average Bonchev–Trinajstić information content (AvgIpc) is 2.15. The summed E-state index contributed by atoms with van der Waals surface area (Å²) in [5, 5.41) is 0.